The van der Waals surface area contributed by atoms with Crippen molar-refractivity contribution in [2.75, 3.05) is 11.9 Å². The number of nitrogens with zero attached hydrogens (tertiary/aromatic N) is 3. The maximum absolute atomic E-state index is 4.29. The molecule has 1 aromatic rings. The number of nitrogens with one attached hydrogen (secondary N) is 1. The number of aromatic nitrogens is 3. The first-order chi connectivity index (χ1) is 6.38. The van der Waals surface area contributed by atoms with Gasteiger partial charge in [0.15, 0.2) is 0 Å². The van der Waals surface area contributed by atoms with Gasteiger partial charge >= 0.3 is 0 Å². The summed E-state index contributed by atoms with van der Waals surface area (Å²) in [4.78, 5) is 4.29. The minimum absolute atomic E-state index is 0.224. The Kier molecular flexibility index (Phi) is 3.03. The minimum Gasteiger partial charge on any atom is -0.352 e. The lowest BCUT2D eigenvalue weighted by atomic mass is 9.97. The zero-order chi connectivity index (χ0) is 10.8. The molecule has 4 nitrogen and oxygen atoms in total. The second kappa shape index (κ2) is 3.90. The average Bonchev–Trinajstić information content (AvgIpc) is 2.06. The molecule has 0 radical (unpaired) electrons. The highest BCUT2D eigenvalue weighted by Crippen LogP contribution is 2.13. The number of rotatable bonds is 2. The molecule has 1 N–H and O–H groups in total. The van der Waals surface area contributed by atoms with Gasteiger partial charge < -0.3 is 5.32 Å². The van der Waals surface area contributed by atoms with Crippen LogP contribution in [0.15, 0.2) is 0 Å². The standard InChI is InChI=1S/C10H18N4/c1-7-8(2)13-14-9(12-7)11-6-10(3,4)5/h6H2,1-5H3,(H,11,12,14). The molecule has 0 saturated carbocycles. The number of aryl methyl sites for hydroxylation is 2. The van der Waals surface area contributed by atoms with Crippen LogP contribution in [0.1, 0.15) is 32.2 Å². The molecule has 0 aliphatic rings. The fraction of sp³-hybridized carbons (Fsp3) is 0.700. The first-order valence-electron chi connectivity index (χ1n) is 4.80. The van der Waals surface area contributed by atoms with E-state index in [0.29, 0.717) is 5.95 Å². The molecule has 0 atom stereocenters. The summed E-state index contributed by atoms with van der Waals surface area (Å²) in [5, 5.41) is 11.1. The Morgan fingerprint density at radius 3 is 2.21 bits per heavy atom. The van der Waals surface area contributed by atoms with Crippen LogP contribution in [-0.2, 0) is 0 Å². The van der Waals surface area contributed by atoms with Gasteiger partial charge in [0.1, 0.15) is 0 Å². The number of anilines is 1. The molecule has 0 amide bonds. The molecule has 78 valence electrons. The maximum Gasteiger partial charge on any atom is 0.242 e. The first-order valence-corrected chi connectivity index (χ1v) is 4.80. The van der Waals surface area contributed by atoms with E-state index in [1.54, 1.807) is 0 Å². The van der Waals surface area contributed by atoms with Crippen molar-refractivity contribution in [3.05, 3.63) is 11.4 Å². The van der Waals surface area contributed by atoms with Crippen LogP contribution in [-0.4, -0.2) is 21.7 Å². The van der Waals surface area contributed by atoms with Crippen molar-refractivity contribution < 1.29 is 0 Å². The molecular weight excluding hydrogens is 176 g/mol. The van der Waals surface area contributed by atoms with E-state index in [4.69, 9.17) is 0 Å². The Hall–Kier alpha value is -1.19. The van der Waals surface area contributed by atoms with Crippen molar-refractivity contribution in [1.82, 2.24) is 15.2 Å². The van der Waals surface area contributed by atoms with Crippen LogP contribution in [0.5, 0.6) is 0 Å². The van der Waals surface area contributed by atoms with Gasteiger partial charge in [0.25, 0.3) is 0 Å². The van der Waals surface area contributed by atoms with Crippen molar-refractivity contribution in [2.24, 2.45) is 5.41 Å². The Balaban J connectivity index is 2.65. The van der Waals surface area contributed by atoms with Crippen LogP contribution in [0.4, 0.5) is 5.95 Å². The van der Waals surface area contributed by atoms with Gasteiger partial charge in [0, 0.05) is 6.54 Å². The highest BCUT2D eigenvalue weighted by Gasteiger charge is 2.10. The van der Waals surface area contributed by atoms with E-state index < -0.39 is 0 Å². The Labute approximate surface area is 85.2 Å². The molecular formula is C10H18N4. The van der Waals surface area contributed by atoms with Crippen molar-refractivity contribution in [3.8, 4) is 0 Å². The molecule has 0 aliphatic heterocycles. The molecule has 0 spiro atoms. The minimum atomic E-state index is 0.224. The molecule has 0 unspecified atom stereocenters. The van der Waals surface area contributed by atoms with Gasteiger partial charge in [-0.1, -0.05) is 20.8 Å². The molecule has 4 heteroatoms. The third kappa shape index (κ3) is 3.28. The summed E-state index contributed by atoms with van der Waals surface area (Å²) in [6, 6.07) is 0. The van der Waals surface area contributed by atoms with E-state index in [0.717, 1.165) is 17.9 Å². The Bertz CT molecular complexity index is 314. The van der Waals surface area contributed by atoms with Gasteiger partial charge in [-0.2, -0.15) is 5.10 Å². The van der Waals surface area contributed by atoms with Crippen LogP contribution in [0, 0.1) is 19.3 Å². The van der Waals surface area contributed by atoms with Gasteiger partial charge in [-0.05, 0) is 19.3 Å². The average molecular weight is 194 g/mol. The van der Waals surface area contributed by atoms with Gasteiger partial charge in [-0.15, -0.1) is 5.10 Å². The third-order valence-electron chi connectivity index (χ3n) is 1.87. The molecule has 0 aliphatic carbocycles. The lowest BCUT2D eigenvalue weighted by molar-refractivity contribution is 0.441. The summed E-state index contributed by atoms with van der Waals surface area (Å²) >= 11 is 0. The van der Waals surface area contributed by atoms with Gasteiger partial charge in [0.2, 0.25) is 5.95 Å². The lowest BCUT2D eigenvalue weighted by Gasteiger charge is -2.18. The van der Waals surface area contributed by atoms with Crippen LogP contribution >= 0.6 is 0 Å². The molecule has 0 fully saturated rings. The molecule has 0 saturated heterocycles. The maximum atomic E-state index is 4.29. The first kappa shape index (κ1) is 10.9. The Morgan fingerprint density at radius 1 is 1.07 bits per heavy atom. The van der Waals surface area contributed by atoms with Crippen molar-refractivity contribution in [1.29, 1.82) is 0 Å². The van der Waals surface area contributed by atoms with Crippen LogP contribution < -0.4 is 5.32 Å². The molecule has 1 heterocycles. The quantitative estimate of drug-likeness (QED) is 0.781. The van der Waals surface area contributed by atoms with Gasteiger partial charge in [0.05, 0.1) is 11.4 Å². The van der Waals surface area contributed by atoms with Crippen LogP contribution in [0.3, 0.4) is 0 Å². The zero-order valence-corrected chi connectivity index (χ0v) is 9.55. The fourth-order valence-corrected chi connectivity index (χ4v) is 0.876. The van der Waals surface area contributed by atoms with E-state index in [1.807, 2.05) is 13.8 Å². The topological polar surface area (TPSA) is 50.7 Å². The van der Waals surface area contributed by atoms with Crippen molar-refractivity contribution in [2.45, 2.75) is 34.6 Å². The second-order valence-electron chi connectivity index (χ2n) is 4.72. The highest BCUT2D eigenvalue weighted by atomic mass is 15.2. The van der Waals surface area contributed by atoms with E-state index in [2.05, 4.69) is 41.3 Å². The monoisotopic (exact) mass is 194 g/mol. The van der Waals surface area contributed by atoms with Crippen LogP contribution in [0.2, 0.25) is 0 Å². The molecule has 14 heavy (non-hydrogen) atoms. The summed E-state index contributed by atoms with van der Waals surface area (Å²) in [6.07, 6.45) is 0. The highest BCUT2D eigenvalue weighted by molar-refractivity contribution is 5.24. The summed E-state index contributed by atoms with van der Waals surface area (Å²) in [5.74, 6) is 0.614. The molecule has 1 aromatic heterocycles. The zero-order valence-electron chi connectivity index (χ0n) is 9.55. The van der Waals surface area contributed by atoms with Crippen molar-refractivity contribution in [3.63, 3.8) is 0 Å². The summed E-state index contributed by atoms with van der Waals surface area (Å²) in [7, 11) is 0. The number of hydrogen-bond acceptors (Lipinski definition) is 4. The molecule has 1 rings (SSSR count). The summed E-state index contributed by atoms with van der Waals surface area (Å²) in [5.41, 5.74) is 2.03. The molecule has 0 aromatic carbocycles. The predicted molar refractivity (Wildman–Crippen MR) is 57.2 cm³/mol. The second-order valence-corrected chi connectivity index (χ2v) is 4.72. The van der Waals surface area contributed by atoms with E-state index in [9.17, 15) is 0 Å². The summed E-state index contributed by atoms with van der Waals surface area (Å²) < 4.78 is 0. The number of hydrogen-bond donors (Lipinski definition) is 1. The fourth-order valence-electron chi connectivity index (χ4n) is 0.876. The van der Waals surface area contributed by atoms with Gasteiger partial charge in [-0.25, -0.2) is 4.98 Å². The lowest BCUT2D eigenvalue weighted by Crippen LogP contribution is -2.20. The smallest absolute Gasteiger partial charge is 0.242 e. The molecule has 0 bridgehead atoms. The normalized spacial score (nSPS) is 11.5. The SMILES string of the molecule is Cc1nnc(NCC(C)(C)C)nc1C. The van der Waals surface area contributed by atoms with E-state index >= 15 is 0 Å². The third-order valence-corrected chi connectivity index (χ3v) is 1.87. The van der Waals surface area contributed by atoms with E-state index in [-0.39, 0.29) is 5.41 Å². The summed E-state index contributed by atoms with van der Waals surface area (Å²) in [6.45, 7) is 11.2. The van der Waals surface area contributed by atoms with Gasteiger partial charge in [-0.3, -0.25) is 0 Å². The largest absolute Gasteiger partial charge is 0.352 e. The Morgan fingerprint density at radius 2 is 1.71 bits per heavy atom. The van der Waals surface area contributed by atoms with Crippen molar-refractivity contribution >= 4 is 5.95 Å². The van der Waals surface area contributed by atoms with Crippen LogP contribution in [0.25, 0.3) is 0 Å². The van der Waals surface area contributed by atoms with E-state index in [1.165, 1.54) is 0 Å². The predicted octanol–water partition coefficient (Wildman–Crippen LogP) is 1.95.